The first-order valence-corrected chi connectivity index (χ1v) is 6.27. The summed E-state index contributed by atoms with van der Waals surface area (Å²) in [6, 6.07) is 5.24. The molecule has 1 aromatic carbocycles. The van der Waals surface area contributed by atoms with Gasteiger partial charge in [-0.15, -0.1) is 0 Å². The van der Waals surface area contributed by atoms with E-state index in [1.807, 2.05) is 13.0 Å². The Labute approximate surface area is 122 Å². The van der Waals surface area contributed by atoms with E-state index in [0.717, 1.165) is 5.56 Å². The highest BCUT2D eigenvalue weighted by Crippen LogP contribution is 2.30. The number of aryl methyl sites for hydroxylation is 1. The average Bonchev–Trinajstić information content (AvgIpc) is 2.44. The van der Waals surface area contributed by atoms with Gasteiger partial charge in [0, 0.05) is 0 Å². The SMILES string of the molecule is COC(=O)Oc1cc(C)ccc1N(CCO)C(=S)OC. The maximum absolute atomic E-state index is 11.3. The first-order valence-electron chi connectivity index (χ1n) is 5.86. The summed E-state index contributed by atoms with van der Waals surface area (Å²) in [6.07, 6.45) is -0.830. The number of aliphatic hydroxyl groups excluding tert-OH is 1. The molecule has 0 atom stereocenters. The smallest absolute Gasteiger partial charge is 0.474 e. The van der Waals surface area contributed by atoms with E-state index in [4.69, 9.17) is 26.8 Å². The molecule has 0 aromatic heterocycles. The minimum atomic E-state index is -0.830. The van der Waals surface area contributed by atoms with Crippen LogP contribution in [-0.4, -0.2) is 43.8 Å². The molecule has 1 rings (SSSR count). The van der Waals surface area contributed by atoms with E-state index >= 15 is 0 Å². The van der Waals surface area contributed by atoms with Gasteiger partial charge in [-0.25, -0.2) is 4.79 Å². The zero-order valence-electron chi connectivity index (χ0n) is 11.6. The fraction of sp³-hybridized carbons (Fsp3) is 0.385. The number of benzene rings is 1. The van der Waals surface area contributed by atoms with Crippen LogP contribution in [-0.2, 0) is 9.47 Å². The number of anilines is 1. The summed E-state index contributed by atoms with van der Waals surface area (Å²) in [7, 11) is 2.66. The molecule has 0 aliphatic heterocycles. The Balaban J connectivity index is 3.18. The molecule has 0 amide bonds. The summed E-state index contributed by atoms with van der Waals surface area (Å²) in [4.78, 5) is 12.8. The van der Waals surface area contributed by atoms with Crippen molar-refractivity contribution in [1.82, 2.24) is 0 Å². The quantitative estimate of drug-likeness (QED) is 0.517. The van der Waals surface area contributed by atoms with Crippen molar-refractivity contribution < 1.29 is 24.1 Å². The molecule has 20 heavy (non-hydrogen) atoms. The molecule has 0 aliphatic rings. The monoisotopic (exact) mass is 299 g/mol. The first-order chi connectivity index (χ1) is 9.53. The van der Waals surface area contributed by atoms with Crippen LogP contribution in [0, 0.1) is 6.92 Å². The largest absolute Gasteiger partial charge is 0.513 e. The number of ether oxygens (including phenoxy) is 3. The molecule has 0 aliphatic carbocycles. The molecule has 7 heteroatoms. The van der Waals surface area contributed by atoms with Crippen LogP contribution in [0.5, 0.6) is 5.75 Å². The van der Waals surface area contributed by atoms with Crippen molar-refractivity contribution in [1.29, 1.82) is 0 Å². The number of hydrogen-bond donors (Lipinski definition) is 1. The van der Waals surface area contributed by atoms with Gasteiger partial charge in [0.15, 0.2) is 5.75 Å². The van der Waals surface area contributed by atoms with Crippen molar-refractivity contribution in [3.05, 3.63) is 23.8 Å². The minimum Gasteiger partial charge on any atom is -0.474 e. The van der Waals surface area contributed by atoms with Gasteiger partial charge in [-0.05, 0) is 36.8 Å². The third-order valence-corrected chi connectivity index (χ3v) is 2.87. The van der Waals surface area contributed by atoms with Crippen LogP contribution >= 0.6 is 12.2 Å². The van der Waals surface area contributed by atoms with Crippen molar-refractivity contribution in [2.24, 2.45) is 0 Å². The molecule has 0 spiro atoms. The van der Waals surface area contributed by atoms with Gasteiger partial charge >= 0.3 is 6.16 Å². The maximum atomic E-state index is 11.3. The molecule has 0 saturated carbocycles. The summed E-state index contributed by atoms with van der Waals surface area (Å²) in [5.74, 6) is 0.282. The van der Waals surface area contributed by atoms with Crippen LogP contribution in [0.15, 0.2) is 18.2 Å². The zero-order chi connectivity index (χ0) is 15.1. The number of carbonyl (C=O) groups is 1. The van der Waals surface area contributed by atoms with Crippen molar-refractivity contribution >= 4 is 29.2 Å². The van der Waals surface area contributed by atoms with Crippen LogP contribution in [0.2, 0.25) is 0 Å². The number of hydrogen-bond acceptors (Lipinski definition) is 6. The molecule has 6 nitrogen and oxygen atoms in total. The maximum Gasteiger partial charge on any atom is 0.513 e. The topological polar surface area (TPSA) is 68.2 Å². The fourth-order valence-corrected chi connectivity index (χ4v) is 1.77. The van der Waals surface area contributed by atoms with E-state index in [1.165, 1.54) is 19.1 Å². The molecular weight excluding hydrogens is 282 g/mol. The van der Waals surface area contributed by atoms with Crippen molar-refractivity contribution in [2.45, 2.75) is 6.92 Å². The molecule has 0 saturated heterocycles. The highest BCUT2D eigenvalue weighted by Gasteiger charge is 2.19. The normalized spacial score (nSPS) is 9.80. The second kappa shape index (κ2) is 7.66. The standard InChI is InChI=1S/C13H17NO5S/c1-9-4-5-10(11(8-9)19-13(16)18-3)14(6-7-15)12(20)17-2/h4-5,8,15H,6-7H2,1-3H3. The summed E-state index contributed by atoms with van der Waals surface area (Å²) < 4.78 is 14.6. The molecule has 0 unspecified atom stereocenters. The van der Waals surface area contributed by atoms with Crippen molar-refractivity contribution in [3.8, 4) is 5.75 Å². The van der Waals surface area contributed by atoms with Crippen LogP contribution in [0.25, 0.3) is 0 Å². The van der Waals surface area contributed by atoms with Crippen LogP contribution in [0.4, 0.5) is 10.5 Å². The van der Waals surface area contributed by atoms with Gasteiger partial charge in [0.2, 0.25) is 0 Å². The van der Waals surface area contributed by atoms with Crippen molar-refractivity contribution in [2.75, 3.05) is 32.3 Å². The van der Waals surface area contributed by atoms with Gasteiger partial charge in [0.1, 0.15) is 0 Å². The van der Waals surface area contributed by atoms with E-state index < -0.39 is 6.16 Å². The van der Waals surface area contributed by atoms with Gasteiger partial charge in [0.05, 0.1) is 33.1 Å². The third-order valence-electron chi connectivity index (χ3n) is 2.48. The van der Waals surface area contributed by atoms with Gasteiger partial charge < -0.3 is 19.3 Å². The number of thiocarbonyl (C=S) groups is 1. The Morgan fingerprint density at radius 3 is 2.60 bits per heavy atom. The highest BCUT2D eigenvalue weighted by atomic mass is 32.1. The van der Waals surface area contributed by atoms with E-state index in [-0.39, 0.29) is 24.1 Å². The predicted molar refractivity (Wildman–Crippen MR) is 78.3 cm³/mol. The Hall–Kier alpha value is -1.86. The number of methoxy groups -OCH3 is 2. The second-order valence-electron chi connectivity index (χ2n) is 3.87. The third kappa shape index (κ3) is 4.07. The van der Waals surface area contributed by atoms with Crippen LogP contribution in [0.3, 0.4) is 0 Å². The predicted octanol–water partition coefficient (Wildman–Crippen LogP) is 1.87. The molecule has 110 valence electrons. The van der Waals surface area contributed by atoms with E-state index in [9.17, 15) is 4.79 Å². The van der Waals surface area contributed by atoms with Crippen LogP contribution < -0.4 is 9.64 Å². The summed E-state index contributed by atoms with van der Waals surface area (Å²) >= 11 is 5.08. The average molecular weight is 299 g/mol. The number of aliphatic hydroxyl groups is 1. The first kappa shape index (κ1) is 16.2. The Bertz CT molecular complexity index is 492. The molecule has 0 bridgehead atoms. The van der Waals surface area contributed by atoms with Gasteiger partial charge in [-0.1, -0.05) is 6.07 Å². The summed E-state index contributed by atoms with van der Waals surface area (Å²) in [5, 5.41) is 9.29. The number of carbonyl (C=O) groups excluding carboxylic acids is 1. The lowest BCUT2D eigenvalue weighted by Crippen LogP contribution is -2.33. The Kier molecular flexibility index (Phi) is 6.20. The minimum absolute atomic E-state index is 0.130. The molecule has 1 N–H and O–H groups in total. The van der Waals surface area contributed by atoms with E-state index in [2.05, 4.69) is 4.74 Å². The molecule has 0 radical (unpaired) electrons. The number of rotatable bonds is 4. The fourth-order valence-electron chi connectivity index (χ4n) is 1.58. The molecule has 0 heterocycles. The van der Waals surface area contributed by atoms with Crippen molar-refractivity contribution in [3.63, 3.8) is 0 Å². The lowest BCUT2D eigenvalue weighted by molar-refractivity contribution is 0.121. The van der Waals surface area contributed by atoms with E-state index in [0.29, 0.717) is 5.69 Å². The van der Waals surface area contributed by atoms with Crippen LogP contribution in [0.1, 0.15) is 5.56 Å². The van der Waals surface area contributed by atoms with Gasteiger partial charge in [-0.3, -0.25) is 4.90 Å². The summed E-state index contributed by atoms with van der Waals surface area (Å²) in [5.41, 5.74) is 1.42. The molecule has 0 fully saturated rings. The number of nitrogens with zero attached hydrogens (tertiary/aromatic N) is 1. The van der Waals surface area contributed by atoms with E-state index in [1.54, 1.807) is 12.1 Å². The lowest BCUT2D eigenvalue weighted by Gasteiger charge is -2.24. The van der Waals surface area contributed by atoms with Gasteiger partial charge in [-0.2, -0.15) is 0 Å². The molecular formula is C13H17NO5S. The Morgan fingerprint density at radius 2 is 2.05 bits per heavy atom. The van der Waals surface area contributed by atoms with Gasteiger partial charge in [0.25, 0.3) is 5.17 Å². The lowest BCUT2D eigenvalue weighted by atomic mass is 10.2. The highest BCUT2D eigenvalue weighted by molar-refractivity contribution is 7.80. The summed E-state index contributed by atoms with van der Waals surface area (Å²) in [6.45, 7) is 1.95. The zero-order valence-corrected chi connectivity index (χ0v) is 12.4. The second-order valence-corrected chi connectivity index (χ2v) is 4.22. The molecule has 1 aromatic rings. The Morgan fingerprint density at radius 1 is 1.35 bits per heavy atom.